The lowest BCUT2D eigenvalue weighted by Gasteiger charge is -2.10. The molecule has 10 heteroatoms. The highest BCUT2D eigenvalue weighted by molar-refractivity contribution is 7.93. The second-order valence-electron chi connectivity index (χ2n) is 6.20. The van der Waals surface area contributed by atoms with E-state index in [1.807, 2.05) is 12.1 Å². The van der Waals surface area contributed by atoms with Crippen molar-refractivity contribution in [2.45, 2.75) is 17.7 Å². The lowest BCUT2D eigenvalue weighted by molar-refractivity contribution is -0.116. The fourth-order valence-electron chi connectivity index (χ4n) is 2.68. The van der Waals surface area contributed by atoms with Gasteiger partial charge in [-0.3, -0.25) is 9.52 Å². The van der Waals surface area contributed by atoms with Crippen LogP contribution >= 0.6 is 11.3 Å². The van der Waals surface area contributed by atoms with E-state index < -0.39 is 10.0 Å². The van der Waals surface area contributed by atoms with Crippen LogP contribution in [0.3, 0.4) is 0 Å². The van der Waals surface area contributed by atoms with Crippen LogP contribution in [0.5, 0.6) is 11.5 Å². The first kappa shape index (κ1) is 21.6. The van der Waals surface area contributed by atoms with E-state index in [0.29, 0.717) is 28.7 Å². The number of nitrogens with one attached hydrogen (secondary N) is 2. The van der Waals surface area contributed by atoms with Gasteiger partial charge in [-0.15, -0.1) is 11.3 Å². The van der Waals surface area contributed by atoms with Crippen LogP contribution in [-0.2, 0) is 21.2 Å². The highest BCUT2D eigenvalue weighted by Crippen LogP contribution is 2.28. The minimum Gasteiger partial charge on any atom is -0.493 e. The molecule has 0 saturated carbocycles. The fraction of sp³-hybridized carbons (Fsp3) is 0.200. The van der Waals surface area contributed by atoms with Crippen LogP contribution in [-0.4, -0.2) is 33.5 Å². The largest absolute Gasteiger partial charge is 0.493 e. The van der Waals surface area contributed by atoms with Gasteiger partial charge in [-0.2, -0.15) is 0 Å². The van der Waals surface area contributed by atoms with Gasteiger partial charge in [0, 0.05) is 23.7 Å². The molecular formula is C20H21N3O5S2. The number of aromatic nitrogens is 1. The summed E-state index contributed by atoms with van der Waals surface area (Å²) in [5, 5.41) is 4.74. The average Bonchev–Trinajstić information content (AvgIpc) is 3.24. The van der Waals surface area contributed by atoms with E-state index >= 15 is 0 Å². The monoisotopic (exact) mass is 447 g/mol. The molecule has 1 aromatic heterocycles. The Kier molecular flexibility index (Phi) is 6.91. The third-order valence-electron chi connectivity index (χ3n) is 4.19. The summed E-state index contributed by atoms with van der Waals surface area (Å²) < 4.78 is 37.6. The number of aryl methyl sites for hydroxylation is 1. The first-order valence-electron chi connectivity index (χ1n) is 8.94. The zero-order chi connectivity index (χ0) is 21.6. The Morgan fingerprint density at radius 3 is 2.43 bits per heavy atom. The molecule has 0 fully saturated rings. The van der Waals surface area contributed by atoms with Crippen molar-refractivity contribution in [3.05, 3.63) is 59.6 Å². The molecule has 8 nitrogen and oxygen atoms in total. The van der Waals surface area contributed by atoms with Crippen LogP contribution in [0.1, 0.15) is 12.0 Å². The number of carbonyl (C=O) groups excluding carboxylic acids is 1. The summed E-state index contributed by atoms with van der Waals surface area (Å²) in [6, 6.07) is 11.5. The molecule has 158 valence electrons. The molecule has 30 heavy (non-hydrogen) atoms. The van der Waals surface area contributed by atoms with Crippen molar-refractivity contribution in [3.63, 3.8) is 0 Å². The van der Waals surface area contributed by atoms with E-state index in [1.165, 1.54) is 29.7 Å². The standard InChI is InChI=1S/C20H21N3O5S2/c1-27-17-9-3-14(13-18(17)28-2)4-10-19(24)22-15-5-7-16(8-6-15)30(25,26)23-20-21-11-12-29-20/h3,5-9,11-13H,4,10H2,1-2H3,(H,21,23)(H,22,24). The van der Waals surface area contributed by atoms with Gasteiger partial charge in [-0.1, -0.05) is 6.07 Å². The van der Waals surface area contributed by atoms with Crippen molar-refractivity contribution in [2.75, 3.05) is 24.3 Å². The number of rotatable bonds is 9. The minimum absolute atomic E-state index is 0.0843. The highest BCUT2D eigenvalue weighted by atomic mass is 32.2. The van der Waals surface area contributed by atoms with Crippen molar-refractivity contribution in [1.29, 1.82) is 0 Å². The maximum Gasteiger partial charge on any atom is 0.263 e. The van der Waals surface area contributed by atoms with Crippen molar-refractivity contribution < 1.29 is 22.7 Å². The number of thiazole rings is 1. The average molecular weight is 448 g/mol. The van der Waals surface area contributed by atoms with Crippen LogP contribution in [0.15, 0.2) is 58.9 Å². The molecular weight excluding hydrogens is 426 g/mol. The Bertz CT molecular complexity index is 1100. The molecule has 3 aromatic rings. The third kappa shape index (κ3) is 5.49. The number of hydrogen-bond acceptors (Lipinski definition) is 7. The Morgan fingerprint density at radius 1 is 1.07 bits per heavy atom. The number of amides is 1. The normalized spacial score (nSPS) is 11.0. The number of anilines is 2. The molecule has 0 radical (unpaired) electrons. The molecule has 1 amide bonds. The van der Waals surface area contributed by atoms with Gasteiger partial charge in [0.05, 0.1) is 19.1 Å². The molecule has 1 heterocycles. The fourth-order valence-corrected chi connectivity index (χ4v) is 4.47. The molecule has 0 aliphatic rings. The van der Waals surface area contributed by atoms with Crippen LogP contribution < -0.4 is 19.5 Å². The minimum atomic E-state index is -3.72. The number of ether oxygens (including phenoxy) is 2. The summed E-state index contributed by atoms with van der Waals surface area (Å²) in [6.45, 7) is 0. The summed E-state index contributed by atoms with van der Waals surface area (Å²) in [5.74, 6) is 1.06. The number of sulfonamides is 1. The topological polar surface area (TPSA) is 107 Å². The van der Waals surface area contributed by atoms with Crippen LogP contribution in [0.2, 0.25) is 0 Å². The Balaban J connectivity index is 1.57. The van der Waals surface area contributed by atoms with Gasteiger partial charge in [-0.25, -0.2) is 13.4 Å². The summed E-state index contributed by atoms with van der Waals surface area (Å²) in [5.41, 5.74) is 1.46. The molecule has 0 aliphatic heterocycles. The van der Waals surface area contributed by atoms with Crippen molar-refractivity contribution in [2.24, 2.45) is 0 Å². The quantitative estimate of drug-likeness (QED) is 0.520. The van der Waals surface area contributed by atoms with E-state index in [2.05, 4.69) is 15.0 Å². The van der Waals surface area contributed by atoms with Gasteiger partial charge in [-0.05, 0) is 48.4 Å². The molecule has 0 unspecified atom stereocenters. The van der Waals surface area contributed by atoms with Gasteiger partial charge >= 0.3 is 0 Å². The SMILES string of the molecule is COc1ccc(CCC(=O)Nc2ccc(S(=O)(=O)Nc3nccs3)cc2)cc1OC. The summed E-state index contributed by atoms with van der Waals surface area (Å²) in [7, 11) is -0.598. The van der Waals surface area contributed by atoms with Crippen molar-refractivity contribution in [3.8, 4) is 11.5 Å². The van der Waals surface area contributed by atoms with E-state index in [1.54, 1.807) is 37.8 Å². The molecule has 2 aromatic carbocycles. The Morgan fingerprint density at radius 2 is 1.80 bits per heavy atom. The zero-order valence-corrected chi connectivity index (χ0v) is 18.0. The molecule has 0 spiro atoms. The van der Waals surface area contributed by atoms with Crippen molar-refractivity contribution in [1.82, 2.24) is 4.98 Å². The van der Waals surface area contributed by atoms with Crippen molar-refractivity contribution >= 4 is 38.1 Å². The predicted molar refractivity (Wildman–Crippen MR) is 116 cm³/mol. The van der Waals surface area contributed by atoms with Gasteiger partial charge in [0.15, 0.2) is 16.6 Å². The van der Waals surface area contributed by atoms with Crippen LogP contribution in [0.25, 0.3) is 0 Å². The molecule has 0 bridgehead atoms. The molecule has 3 rings (SSSR count). The Labute approximate surface area is 178 Å². The first-order valence-corrected chi connectivity index (χ1v) is 11.3. The van der Waals surface area contributed by atoms with E-state index in [4.69, 9.17) is 9.47 Å². The van der Waals surface area contributed by atoms with Crippen LogP contribution in [0.4, 0.5) is 10.8 Å². The van der Waals surface area contributed by atoms with E-state index in [-0.39, 0.29) is 17.2 Å². The molecule has 0 aliphatic carbocycles. The number of carbonyl (C=O) groups is 1. The maximum absolute atomic E-state index is 12.3. The number of benzene rings is 2. The summed E-state index contributed by atoms with van der Waals surface area (Å²) in [4.78, 5) is 16.2. The summed E-state index contributed by atoms with van der Waals surface area (Å²) >= 11 is 1.19. The zero-order valence-electron chi connectivity index (χ0n) is 16.4. The number of methoxy groups -OCH3 is 2. The lowest BCUT2D eigenvalue weighted by Crippen LogP contribution is -2.14. The van der Waals surface area contributed by atoms with Gasteiger partial charge in [0.2, 0.25) is 5.91 Å². The van der Waals surface area contributed by atoms with Gasteiger partial charge < -0.3 is 14.8 Å². The van der Waals surface area contributed by atoms with E-state index in [0.717, 1.165) is 5.56 Å². The maximum atomic E-state index is 12.3. The Hall–Kier alpha value is -3.11. The summed E-state index contributed by atoms with van der Waals surface area (Å²) in [6.07, 6.45) is 2.31. The number of hydrogen-bond donors (Lipinski definition) is 2. The molecule has 0 atom stereocenters. The first-order chi connectivity index (χ1) is 14.4. The third-order valence-corrected chi connectivity index (χ3v) is 6.36. The smallest absolute Gasteiger partial charge is 0.263 e. The second kappa shape index (κ2) is 9.59. The van der Waals surface area contributed by atoms with E-state index in [9.17, 15) is 13.2 Å². The highest BCUT2D eigenvalue weighted by Gasteiger charge is 2.15. The van der Waals surface area contributed by atoms with Crippen LogP contribution in [0, 0.1) is 0 Å². The second-order valence-corrected chi connectivity index (χ2v) is 8.78. The molecule has 0 saturated heterocycles. The molecule has 2 N–H and O–H groups in total. The van der Waals surface area contributed by atoms with Gasteiger partial charge in [0.1, 0.15) is 0 Å². The number of nitrogens with zero attached hydrogens (tertiary/aromatic N) is 1. The van der Waals surface area contributed by atoms with Gasteiger partial charge in [0.25, 0.3) is 10.0 Å². The predicted octanol–water partition coefficient (Wildman–Crippen LogP) is 3.53. The lowest BCUT2D eigenvalue weighted by atomic mass is 10.1.